The second kappa shape index (κ2) is 7.37. The van der Waals surface area contributed by atoms with Crippen molar-refractivity contribution in [2.75, 3.05) is 6.54 Å². The zero-order valence-electron chi connectivity index (χ0n) is 13.0. The van der Waals surface area contributed by atoms with E-state index in [1.54, 1.807) is 6.07 Å². The van der Waals surface area contributed by atoms with E-state index in [-0.39, 0.29) is 11.9 Å². The zero-order chi connectivity index (χ0) is 15.2. The molecule has 0 aliphatic heterocycles. The van der Waals surface area contributed by atoms with Gasteiger partial charge in [0.2, 0.25) is 0 Å². The molecule has 0 spiro atoms. The van der Waals surface area contributed by atoms with Gasteiger partial charge in [0.25, 0.3) is 0 Å². The fraction of sp³-hybridized carbons (Fsp3) is 0.368. The van der Waals surface area contributed by atoms with Crippen LogP contribution in [0.5, 0.6) is 0 Å². The molecule has 1 atom stereocenters. The molecule has 112 valence electrons. The number of nitrogens with one attached hydrogen (secondary N) is 1. The minimum atomic E-state index is -0.155. The maximum Gasteiger partial charge on any atom is 0.131 e. The highest BCUT2D eigenvalue weighted by Crippen LogP contribution is 2.30. The third kappa shape index (κ3) is 3.70. The Kier molecular flexibility index (Phi) is 5.51. The molecule has 0 radical (unpaired) electrons. The van der Waals surface area contributed by atoms with E-state index >= 15 is 0 Å². The van der Waals surface area contributed by atoms with Crippen LogP contribution in [0.1, 0.15) is 44.7 Å². The van der Waals surface area contributed by atoms with Gasteiger partial charge in [-0.2, -0.15) is 0 Å². The number of halogens is 1. The molecule has 2 heteroatoms. The first-order chi connectivity index (χ1) is 10.2. The molecule has 0 fully saturated rings. The van der Waals surface area contributed by atoms with Crippen molar-refractivity contribution in [1.29, 1.82) is 0 Å². The molecule has 1 unspecified atom stereocenters. The standard InChI is InChI=1S/C19H24FN/c1-4-12-21-19(13-14(3)5-2)17-10-11-18(20)16-9-7-6-8-15(16)17/h6-11,19,21H,3-5,12-13H2,1-2H3. The quantitative estimate of drug-likeness (QED) is 0.674. The molecule has 1 N–H and O–H groups in total. The largest absolute Gasteiger partial charge is 0.310 e. The molecule has 0 saturated heterocycles. The van der Waals surface area contributed by atoms with Crippen LogP contribution >= 0.6 is 0 Å². The van der Waals surface area contributed by atoms with Crippen molar-refractivity contribution in [3.8, 4) is 0 Å². The van der Waals surface area contributed by atoms with Crippen molar-refractivity contribution in [2.24, 2.45) is 0 Å². The average molecular weight is 285 g/mol. The first-order valence-corrected chi connectivity index (χ1v) is 7.74. The number of rotatable bonds is 7. The maximum absolute atomic E-state index is 14.0. The van der Waals surface area contributed by atoms with Crippen LogP contribution in [0.15, 0.2) is 48.6 Å². The van der Waals surface area contributed by atoms with Gasteiger partial charge < -0.3 is 5.32 Å². The molecule has 1 nitrogen and oxygen atoms in total. The molecular formula is C19H24FN. The Morgan fingerprint density at radius 2 is 1.86 bits per heavy atom. The molecule has 2 rings (SSSR count). The average Bonchev–Trinajstić information content (AvgIpc) is 2.52. The van der Waals surface area contributed by atoms with Gasteiger partial charge in [0, 0.05) is 11.4 Å². The van der Waals surface area contributed by atoms with Gasteiger partial charge in [0.15, 0.2) is 0 Å². The van der Waals surface area contributed by atoms with E-state index in [9.17, 15) is 4.39 Å². The van der Waals surface area contributed by atoms with Crippen LogP contribution in [0.3, 0.4) is 0 Å². The van der Waals surface area contributed by atoms with Gasteiger partial charge in [-0.25, -0.2) is 4.39 Å². The third-order valence-electron chi connectivity index (χ3n) is 3.91. The summed E-state index contributed by atoms with van der Waals surface area (Å²) < 4.78 is 14.0. The van der Waals surface area contributed by atoms with Gasteiger partial charge in [-0.15, -0.1) is 0 Å². The first kappa shape index (κ1) is 15.7. The van der Waals surface area contributed by atoms with Crippen molar-refractivity contribution in [3.63, 3.8) is 0 Å². The third-order valence-corrected chi connectivity index (χ3v) is 3.91. The van der Waals surface area contributed by atoms with Gasteiger partial charge in [-0.1, -0.05) is 56.3 Å². The van der Waals surface area contributed by atoms with Crippen molar-refractivity contribution < 1.29 is 4.39 Å². The summed E-state index contributed by atoms with van der Waals surface area (Å²) in [5.74, 6) is -0.155. The summed E-state index contributed by atoms with van der Waals surface area (Å²) in [5.41, 5.74) is 2.38. The van der Waals surface area contributed by atoms with Crippen LogP contribution in [0.2, 0.25) is 0 Å². The van der Waals surface area contributed by atoms with Gasteiger partial charge in [0.05, 0.1) is 0 Å². The Morgan fingerprint density at radius 1 is 1.14 bits per heavy atom. The van der Waals surface area contributed by atoms with Crippen LogP contribution in [0.4, 0.5) is 4.39 Å². The van der Waals surface area contributed by atoms with Crippen molar-refractivity contribution in [3.05, 3.63) is 59.9 Å². The SMILES string of the molecule is C=C(CC)CC(NCCC)c1ccc(F)c2ccccc12. The lowest BCUT2D eigenvalue weighted by Gasteiger charge is -2.22. The van der Waals surface area contributed by atoms with Gasteiger partial charge in [-0.05, 0) is 42.8 Å². The van der Waals surface area contributed by atoms with Gasteiger partial charge in [0.1, 0.15) is 5.82 Å². The monoisotopic (exact) mass is 285 g/mol. The zero-order valence-corrected chi connectivity index (χ0v) is 13.0. The Balaban J connectivity index is 2.43. The summed E-state index contributed by atoms with van der Waals surface area (Å²) in [6.07, 6.45) is 2.95. The Hall–Kier alpha value is -1.67. The lowest BCUT2D eigenvalue weighted by Crippen LogP contribution is -2.23. The molecule has 2 aromatic carbocycles. The molecule has 21 heavy (non-hydrogen) atoms. The predicted molar refractivity (Wildman–Crippen MR) is 89.0 cm³/mol. The van der Waals surface area contributed by atoms with Crippen LogP contribution in [-0.4, -0.2) is 6.54 Å². The maximum atomic E-state index is 14.0. The highest BCUT2D eigenvalue weighted by atomic mass is 19.1. The first-order valence-electron chi connectivity index (χ1n) is 7.74. The molecule has 0 heterocycles. The number of benzene rings is 2. The van der Waals surface area contributed by atoms with Gasteiger partial charge >= 0.3 is 0 Å². The number of hydrogen-bond donors (Lipinski definition) is 1. The summed E-state index contributed by atoms with van der Waals surface area (Å²) in [6.45, 7) is 9.36. The van der Waals surface area contributed by atoms with Gasteiger partial charge in [-0.3, -0.25) is 0 Å². The summed E-state index contributed by atoms with van der Waals surface area (Å²) in [6, 6.07) is 11.4. The minimum absolute atomic E-state index is 0.155. The summed E-state index contributed by atoms with van der Waals surface area (Å²) in [5, 5.41) is 5.27. The van der Waals surface area contributed by atoms with E-state index in [1.165, 1.54) is 5.57 Å². The van der Waals surface area contributed by atoms with Crippen molar-refractivity contribution in [1.82, 2.24) is 5.32 Å². The summed E-state index contributed by atoms with van der Waals surface area (Å²) in [4.78, 5) is 0. The van der Waals surface area contributed by atoms with Crippen LogP contribution < -0.4 is 5.32 Å². The van der Waals surface area contributed by atoms with E-state index in [0.717, 1.165) is 36.8 Å². The fourth-order valence-electron chi connectivity index (χ4n) is 2.63. The second-order valence-electron chi connectivity index (χ2n) is 5.50. The minimum Gasteiger partial charge on any atom is -0.310 e. The van der Waals surface area contributed by atoms with E-state index in [4.69, 9.17) is 0 Å². The topological polar surface area (TPSA) is 12.0 Å². The number of hydrogen-bond acceptors (Lipinski definition) is 1. The Morgan fingerprint density at radius 3 is 2.52 bits per heavy atom. The Labute approximate surface area is 126 Å². The lowest BCUT2D eigenvalue weighted by molar-refractivity contribution is 0.526. The normalized spacial score (nSPS) is 12.5. The van der Waals surface area contributed by atoms with E-state index in [0.29, 0.717) is 5.39 Å². The lowest BCUT2D eigenvalue weighted by atomic mass is 9.93. The molecule has 0 aromatic heterocycles. The van der Waals surface area contributed by atoms with Crippen molar-refractivity contribution >= 4 is 10.8 Å². The van der Waals surface area contributed by atoms with Crippen LogP contribution in [0, 0.1) is 5.82 Å². The smallest absolute Gasteiger partial charge is 0.131 e. The predicted octanol–water partition coefficient (Wildman–Crippen LogP) is 5.38. The van der Waals surface area contributed by atoms with Crippen LogP contribution in [-0.2, 0) is 0 Å². The Bertz CT molecular complexity index is 618. The van der Waals surface area contributed by atoms with E-state index in [1.807, 2.05) is 30.3 Å². The summed E-state index contributed by atoms with van der Waals surface area (Å²) >= 11 is 0. The van der Waals surface area contributed by atoms with Crippen molar-refractivity contribution in [2.45, 2.75) is 39.2 Å². The molecule has 0 aliphatic carbocycles. The highest BCUT2D eigenvalue weighted by Gasteiger charge is 2.15. The summed E-state index contributed by atoms with van der Waals surface area (Å²) in [7, 11) is 0. The molecule has 0 bridgehead atoms. The van der Waals surface area contributed by atoms with Crippen LogP contribution in [0.25, 0.3) is 10.8 Å². The molecule has 0 aliphatic rings. The molecular weight excluding hydrogens is 261 g/mol. The van der Waals surface area contributed by atoms with E-state index < -0.39 is 0 Å². The van der Waals surface area contributed by atoms with E-state index in [2.05, 4.69) is 25.7 Å². The number of fused-ring (bicyclic) bond motifs is 1. The molecule has 0 saturated carbocycles. The molecule has 2 aromatic rings. The highest BCUT2D eigenvalue weighted by molar-refractivity contribution is 5.86. The second-order valence-corrected chi connectivity index (χ2v) is 5.50. The molecule has 0 amide bonds. The fourth-order valence-corrected chi connectivity index (χ4v) is 2.63.